The number of rotatable bonds is 4. The Kier molecular flexibility index (Phi) is 5.70. The van der Waals surface area contributed by atoms with Crippen molar-refractivity contribution in [2.75, 3.05) is 6.54 Å². The van der Waals surface area contributed by atoms with Crippen molar-refractivity contribution in [2.45, 2.75) is 26.2 Å². The first-order valence-corrected chi connectivity index (χ1v) is 6.62. The van der Waals surface area contributed by atoms with Gasteiger partial charge in [-0.25, -0.2) is 0 Å². The van der Waals surface area contributed by atoms with Gasteiger partial charge in [-0.05, 0) is 28.8 Å². The van der Waals surface area contributed by atoms with E-state index in [0.717, 1.165) is 5.56 Å². The zero-order chi connectivity index (χ0) is 14.3. The molecule has 3 nitrogen and oxygen atoms in total. The Labute approximate surface area is 120 Å². The summed E-state index contributed by atoms with van der Waals surface area (Å²) in [6.45, 7) is 10.8. The van der Waals surface area contributed by atoms with E-state index >= 15 is 0 Å². The predicted octanol–water partition coefficient (Wildman–Crippen LogP) is 2.97. The Morgan fingerprint density at radius 2 is 1.95 bits per heavy atom. The van der Waals surface area contributed by atoms with Crippen molar-refractivity contribution in [3.63, 3.8) is 0 Å². The van der Waals surface area contributed by atoms with Crippen molar-refractivity contribution in [1.29, 1.82) is 0 Å². The molecule has 0 bridgehead atoms. The lowest BCUT2D eigenvalue weighted by Gasteiger charge is -2.18. The van der Waals surface area contributed by atoms with Crippen molar-refractivity contribution in [2.24, 2.45) is 5.10 Å². The second-order valence-electron chi connectivity index (χ2n) is 5.24. The van der Waals surface area contributed by atoms with Gasteiger partial charge in [0.1, 0.15) is 0 Å². The van der Waals surface area contributed by atoms with Gasteiger partial charge in [0, 0.05) is 6.54 Å². The van der Waals surface area contributed by atoms with Gasteiger partial charge in [-0.3, -0.25) is 5.43 Å². The summed E-state index contributed by atoms with van der Waals surface area (Å²) in [6.07, 6.45) is 3.48. The lowest BCUT2D eigenvalue weighted by atomic mass is 9.87. The molecule has 0 aromatic heterocycles. The first-order valence-electron chi connectivity index (χ1n) is 6.22. The van der Waals surface area contributed by atoms with Crippen molar-refractivity contribution in [3.8, 4) is 0 Å². The van der Waals surface area contributed by atoms with Crippen LogP contribution in [-0.4, -0.2) is 17.9 Å². The molecule has 1 aromatic carbocycles. The number of benzene rings is 1. The summed E-state index contributed by atoms with van der Waals surface area (Å²) >= 11 is 5.02. The van der Waals surface area contributed by atoms with E-state index < -0.39 is 0 Å². The maximum absolute atomic E-state index is 5.02. The van der Waals surface area contributed by atoms with E-state index in [-0.39, 0.29) is 5.41 Å². The molecule has 0 unspecified atom stereocenters. The standard InChI is InChI=1S/C15H21N3S/c1-5-10-16-14(19)18-17-11-12-6-8-13(9-7-12)15(2,3)4/h5-9,11H,1,10H2,2-4H3,(H2,16,18,19). The third-order valence-electron chi connectivity index (χ3n) is 2.56. The fourth-order valence-corrected chi connectivity index (χ4v) is 1.58. The predicted molar refractivity (Wildman–Crippen MR) is 86.7 cm³/mol. The van der Waals surface area contributed by atoms with E-state index in [1.807, 2.05) is 12.1 Å². The monoisotopic (exact) mass is 275 g/mol. The zero-order valence-electron chi connectivity index (χ0n) is 11.7. The van der Waals surface area contributed by atoms with Gasteiger partial charge in [0.2, 0.25) is 0 Å². The highest BCUT2D eigenvalue weighted by Gasteiger charge is 2.12. The molecule has 1 rings (SSSR count). The number of hydrogen-bond acceptors (Lipinski definition) is 2. The summed E-state index contributed by atoms with van der Waals surface area (Å²) in [7, 11) is 0. The molecule has 0 aliphatic heterocycles. The number of hydrazone groups is 1. The minimum absolute atomic E-state index is 0.171. The fraction of sp³-hybridized carbons (Fsp3) is 0.333. The Bertz CT molecular complexity index is 455. The van der Waals surface area contributed by atoms with Crippen LogP contribution in [0.3, 0.4) is 0 Å². The Morgan fingerprint density at radius 3 is 2.47 bits per heavy atom. The van der Waals surface area contributed by atoms with Crippen molar-refractivity contribution >= 4 is 23.5 Å². The van der Waals surface area contributed by atoms with Gasteiger partial charge in [-0.1, -0.05) is 51.1 Å². The first kappa shape index (κ1) is 15.4. The lowest BCUT2D eigenvalue weighted by molar-refractivity contribution is 0.590. The summed E-state index contributed by atoms with van der Waals surface area (Å²) in [4.78, 5) is 0. The molecule has 0 saturated carbocycles. The van der Waals surface area contributed by atoms with Crippen molar-refractivity contribution < 1.29 is 0 Å². The van der Waals surface area contributed by atoms with E-state index in [9.17, 15) is 0 Å². The molecule has 0 spiro atoms. The summed E-state index contributed by atoms with van der Waals surface area (Å²) in [6, 6.07) is 8.34. The van der Waals surface area contributed by atoms with Crippen LogP contribution >= 0.6 is 12.2 Å². The summed E-state index contributed by atoms with van der Waals surface area (Å²) in [5.41, 5.74) is 5.26. The SMILES string of the molecule is C=CCNC(=S)NN=Cc1ccc(C(C)(C)C)cc1. The lowest BCUT2D eigenvalue weighted by Crippen LogP contribution is -2.31. The summed E-state index contributed by atoms with van der Waals surface area (Å²) in [5, 5.41) is 7.50. The second kappa shape index (κ2) is 7.04. The molecule has 0 saturated heterocycles. The molecule has 102 valence electrons. The average Bonchev–Trinajstić information content (AvgIpc) is 2.36. The topological polar surface area (TPSA) is 36.4 Å². The van der Waals surface area contributed by atoms with Gasteiger partial charge in [-0.2, -0.15) is 5.10 Å². The van der Waals surface area contributed by atoms with Gasteiger partial charge in [0.15, 0.2) is 5.11 Å². The third-order valence-corrected chi connectivity index (χ3v) is 2.80. The zero-order valence-corrected chi connectivity index (χ0v) is 12.6. The molecule has 0 fully saturated rings. The van der Waals surface area contributed by atoms with E-state index in [4.69, 9.17) is 12.2 Å². The normalized spacial score (nSPS) is 11.3. The molecule has 0 heterocycles. The Hall–Kier alpha value is -1.68. The molecule has 4 heteroatoms. The van der Waals surface area contributed by atoms with Crippen LogP contribution in [0.5, 0.6) is 0 Å². The highest BCUT2D eigenvalue weighted by Crippen LogP contribution is 2.21. The largest absolute Gasteiger partial charge is 0.358 e. The molecular weight excluding hydrogens is 254 g/mol. The van der Waals surface area contributed by atoms with Gasteiger partial charge in [0.05, 0.1) is 6.21 Å². The van der Waals surface area contributed by atoms with E-state index in [0.29, 0.717) is 11.7 Å². The van der Waals surface area contributed by atoms with Gasteiger partial charge < -0.3 is 5.32 Å². The molecule has 0 atom stereocenters. The van der Waals surface area contributed by atoms with E-state index in [1.165, 1.54) is 5.56 Å². The van der Waals surface area contributed by atoms with Crippen LogP contribution in [0.25, 0.3) is 0 Å². The maximum atomic E-state index is 5.02. The molecular formula is C15H21N3S. The van der Waals surface area contributed by atoms with Gasteiger partial charge in [-0.15, -0.1) is 6.58 Å². The highest BCUT2D eigenvalue weighted by atomic mass is 32.1. The number of nitrogens with zero attached hydrogens (tertiary/aromatic N) is 1. The quantitative estimate of drug-likeness (QED) is 0.384. The van der Waals surface area contributed by atoms with Crippen LogP contribution in [-0.2, 0) is 5.41 Å². The first-order chi connectivity index (χ1) is 8.93. The molecule has 19 heavy (non-hydrogen) atoms. The van der Waals surface area contributed by atoms with Crippen LogP contribution < -0.4 is 10.7 Å². The maximum Gasteiger partial charge on any atom is 0.187 e. The number of hydrogen-bond donors (Lipinski definition) is 2. The smallest absolute Gasteiger partial charge is 0.187 e. The van der Waals surface area contributed by atoms with Crippen LogP contribution in [0.2, 0.25) is 0 Å². The Morgan fingerprint density at radius 1 is 1.32 bits per heavy atom. The molecule has 0 aliphatic carbocycles. The Balaban J connectivity index is 2.54. The van der Waals surface area contributed by atoms with Crippen LogP contribution in [0, 0.1) is 0 Å². The number of nitrogens with one attached hydrogen (secondary N) is 2. The minimum atomic E-state index is 0.171. The molecule has 2 N–H and O–H groups in total. The second-order valence-corrected chi connectivity index (χ2v) is 5.65. The van der Waals surface area contributed by atoms with E-state index in [1.54, 1.807) is 12.3 Å². The molecule has 0 amide bonds. The third kappa shape index (κ3) is 5.66. The minimum Gasteiger partial charge on any atom is -0.358 e. The average molecular weight is 275 g/mol. The summed E-state index contributed by atoms with van der Waals surface area (Å²) in [5.74, 6) is 0. The van der Waals surface area contributed by atoms with Gasteiger partial charge in [0.25, 0.3) is 0 Å². The van der Waals surface area contributed by atoms with Crippen LogP contribution in [0.4, 0.5) is 0 Å². The number of thiocarbonyl (C=S) groups is 1. The molecule has 0 aliphatic rings. The molecule has 1 aromatic rings. The summed E-state index contributed by atoms with van der Waals surface area (Å²) < 4.78 is 0. The highest BCUT2D eigenvalue weighted by molar-refractivity contribution is 7.80. The van der Waals surface area contributed by atoms with Gasteiger partial charge >= 0.3 is 0 Å². The van der Waals surface area contributed by atoms with Crippen molar-refractivity contribution in [1.82, 2.24) is 10.7 Å². The van der Waals surface area contributed by atoms with Crippen LogP contribution in [0.1, 0.15) is 31.9 Å². The van der Waals surface area contributed by atoms with E-state index in [2.05, 4.69) is 55.3 Å². The fourth-order valence-electron chi connectivity index (χ4n) is 1.44. The van der Waals surface area contributed by atoms with Crippen LogP contribution in [0.15, 0.2) is 42.0 Å². The molecule has 0 radical (unpaired) electrons. The van der Waals surface area contributed by atoms with Crippen molar-refractivity contribution in [3.05, 3.63) is 48.0 Å².